The molecule has 0 spiro atoms. The van der Waals surface area contributed by atoms with E-state index in [2.05, 4.69) is 20.6 Å². The fraction of sp³-hybridized carbons (Fsp3) is 0.231. The van der Waals surface area contributed by atoms with Crippen molar-refractivity contribution in [3.05, 3.63) is 36.2 Å². The topological polar surface area (TPSA) is 59.1 Å². The maximum Gasteiger partial charge on any atom is 0.135 e. The van der Waals surface area contributed by atoms with Crippen LogP contribution in [0.5, 0.6) is 5.75 Å². The lowest BCUT2D eigenvalue weighted by molar-refractivity contribution is 0.412. The molecule has 0 saturated heterocycles. The summed E-state index contributed by atoms with van der Waals surface area (Å²) in [4.78, 5) is 8.22. The van der Waals surface area contributed by atoms with E-state index in [1.165, 1.54) is 6.33 Å². The smallest absolute Gasteiger partial charge is 0.135 e. The van der Waals surface area contributed by atoms with Crippen LogP contribution in [-0.2, 0) is 0 Å². The number of anilines is 3. The molecular formula is C13H16N4O. The van der Waals surface area contributed by atoms with Crippen LogP contribution < -0.4 is 15.4 Å². The summed E-state index contributed by atoms with van der Waals surface area (Å²) in [5.74, 6) is 2.40. The molecule has 1 aromatic heterocycles. The molecular weight excluding hydrogens is 228 g/mol. The second-order valence-corrected chi connectivity index (χ2v) is 3.85. The van der Waals surface area contributed by atoms with Crippen molar-refractivity contribution in [3.63, 3.8) is 0 Å². The molecule has 1 heterocycles. The van der Waals surface area contributed by atoms with E-state index >= 15 is 0 Å². The normalized spacial score (nSPS) is 9.94. The minimum absolute atomic E-state index is 0.749. The molecule has 1 aromatic carbocycles. The first-order valence-corrected chi connectivity index (χ1v) is 5.64. The third-order valence-corrected chi connectivity index (χ3v) is 2.59. The van der Waals surface area contributed by atoms with Gasteiger partial charge in [0.15, 0.2) is 0 Å². The van der Waals surface area contributed by atoms with E-state index in [0.29, 0.717) is 0 Å². The first-order valence-electron chi connectivity index (χ1n) is 5.64. The molecule has 0 atom stereocenters. The molecule has 0 aliphatic rings. The summed E-state index contributed by atoms with van der Waals surface area (Å²) in [5.41, 5.74) is 2.04. The van der Waals surface area contributed by atoms with Crippen molar-refractivity contribution < 1.29 is 4.74 Å². The number of methoxy groups -OCH3 is 1. The van der Waals surface area contributed by atoms with Crippen molar-refractivity contribution in [2.24, 2.45) is 0 Å². The third-order valence-electron chi connectivity index (χ3n) is 2.59. The Morgan fingerprint density at radius 2 is 1.89 bits per heavy atom. The molecule has 0 amide bonds. The Hall–Kier alpha value is -2.30. The zero-order valence-corrected chi connectivity index (χ0v) is 10.7. The molecule has 5 nitrogen and oxygen atoms in total. The molecule has 0 saturated carbocycles. The monoisotopic (exact) mass is 244 g/mol. The number of aryl methyl sites for hydroxylation is 1. The number of hydrogen-bond donors (Lipinski definition) is 2. The van der Waals surface area contributed by atoms with Crippen molar-refractivity contribution in [3.8, 4) is 5.75 Å². The molecule has 0 radical (unpaired) electrons. The standard InChI is InChI=1S/C13H16N4O/c1-9-6-10(4-5-11(9)18-3)17-13-7-12(14-2)15-8-16-13/h4-8H,1-3H3,(H2,14,15,16,17). The molecule has 0 unspecified atom stereocenters. The first-order chi connectivity index (χ1) is 8.72. The fourth-order valence-corrected chi connectivity index (χ4v) is 1.67. The molecule has 2 rings (SSSR count). The van der Waals surface area contributed by atoms with Crippen LogP contribution in [0.4, 0.5) is 17.3 Å². The van der Waals surface area contributed by atoms with Crippen molar-refractivity contribution in [2.75, 3.05) is 24.8 Å². The van der Waals surface area contributed by atoms with Gasteiger partial charge < -0.3 is 15.4 Å². The molecule has 18 heavy (non-hydrogen) atoms. The largest absolute Gasteiger partial charge is 0.496 e. The number of benzene rings is 1. The van der Waals surface area contributed by atoms with Crippen LogP contribution in [0.15, 0.2) is 30.6 Å². The van der Waals surface area contributed by atoms with Gasteiger partial charge in [0.2, 0.25) is 0 Å². The summed E-state index contributed by atoms with van der Waals surface area (Å²) in [6.45, 7) is 2.00. The second-order valence-electron chi connectivity index (χ2n) is 3.85. The van der Waals surface area contributed by atoms with Gasteiger partial charge in [-0.2, -0.15) is 0 Å². The van der Waals surface area contributed by atoms with Crippen LogP contribution >= 0.6 is 0 Å². The quantitative estimate of drug-likeness (QED) is 0.865. The highest BCUT2D eigenvalue weighted by Gasteiger charge is 2.02. The zero-order valence-electron chi connectivity index (χ0n) is 10.7. The van der Waals surface area contributed by atoms with E-state index in [-0.39, 0.29) is 0 Å². The Morgan fingerprint density at radius 1 is 1.11 bits per heavy atom. The van der Waals surface area contributed by atoms with Gasteiger partial charge in [-0.3, -0.25) is 0 Å². The average molecular weight is 244 g/mol. The Morgan fingerprint density at radius 3 is 2.56 bits per heavy atom. The Labute approximate surface area is 106 Å². The van der Waals surface area contributed by atoms with Gasteiger partial charge in [0.25, 0.3) is 0 Å². The van der Waals surface area contributed by atoms with Crippen molar-refractivity contribution in [1.29, 1.82) is 0 Å². The lowest BCUT2D eigenvalue weighted by atomic mass is 10.2. The van der Waals surface area contributed by atoms with Crippen molar-refractivity contribution >= 4 is 17.3 Å². The number of ether oxygens (including phenoxy) is 1. The van der Waals surface area contributed by atoms with E-state index in [9.17, 15) is 0 Å². The van der Waals surface area contributed by atoms with Crippen LogP contribution in [0.1, 0.15) is 5.56 Å². The predicted octanol–water partition coefficient (Wildman–Crippen LogP) is 2.58. The maximum absolute atomic E-state index is 5.22. The third kappa shape index (κ3) is 2.68. The molecule has 2 N–H and O–H groups in total. The molecule has 5 heteroatoms. The van der Waals surface area contributed by atoms with Crippen molar-refractivity contribution in [2.45, 2.75) is 6.92 Å². The van der Waals surface area contributed by atoms with Crippen molar-refractivity contribution in [1.82, 2.24) is 9.97 Å². The maximum atomic E-state index is 5.22. The number of rotatable bonds is 4. The van der Waals surface area contributed by atoms with Crippen LogP contribution in [-0.4, -0.2) is 24.1 Å². The van der Waals surface area contributed by atoms with Gasteiger partial charge in [0.1, 0.15) is 23.7 Å². The van der Waals surface area contributed by atoms with Crippen LogP contribution in [0.2, 0.25) is 0 Å². The summed E-state index contributed by atoms with van der Waals surface area (Å²) in [6, 6.07) is 7.74. The van der Waals surface area contributed by atoms with E-state index in [1.807, 2.05) is 38.2 Å². The van der Waals surface area contributed by atoms with Gasteiger partial charge in [-0.25, -0.2) is 9.97 Å². The Kier molecular flexibility index (Phi) is 3.62. The highest BCUT2D eigenvalue weighted by molar-refractivity contribution is 5.61. The van der Waals surface area contributed by atoms with Crippen LogP contribution in [0.3, 0.4) is 0 Å². The van der Waals surface area contributed by atoms with E-state index in [4.69, 9.17) is 4.74 Å². The summed E-state index contributed by atoms with van der Waals surface area (Å²) < 4.78 is 5.22. The Balaban J connectivity index is 2.20. The summed E-state index contributed by atoms with van der Waals surface area (Å²) in [6.07, 6.45) is 1.52. The number of aromatic nitrogens is 2. The summed E-state index contributed by atoms with van der Waals surface area (Å²) in [5, 5.41) is 6.20. The zero-order chi connectivity index (χ0) is 13.0. The highest BCUT2D eigenvalue weighted by Crippen LogP contribution is 2.23. The van der Waals surface area contributed by atoms with Gasteiger partial charge in [-0.1, -0.05) is 0 Å². The molecule has 0 aliphatic carbocycles. The second kappa shape index (κ2) is 5.35. The van der Waals surface area contributed by atoms with Gasteiger partial charge in [0.05, 0.1) is 7.11 Å². The van der Waals surface area contributed by atoms with E-state index in [1.54, 1.807) is 7.11 Å². The molecule has 2 aromatic rings. The molecule has 0 fully saturated rings. The highest BCUT2D eigenvalue weighted by atomic mass is 16.5. The lowest BCUT2D eigenvalue weighted by Gasteiger charge is -2.09. The van der Waals surface area contributed by atoms with Gasteiger partial charge in [-0.15, -0.1) is 0 Å². The molecule has 94 valence electrons. The van der Waals surface area contributed by atoms with Gasteiger partial charge in [0, 0.05) is 18.8 Å². The number of nitrogens with zero attached hydrogens (tertiary/aromatic N) is 2. The van der Waals surface area contributed by atoms with E-state index < -0.39 is 0 Å². The summed E-state index contributed by atoms with van der Waals surface area (Å²) >= 11 is 0. The van der Waals surface area contributed by atoms with Crippen LogP contribution in [0.25, 0.3) is 0 Å². The average Bonchev–Trinajstić information content (AvgIpc) is 2.39. The minimum Gasteiger partial charge on any atom is -0.496 e. The predicted molar refractivity (Wildman–Crippen MR) is 72.6 cm³/mol. The van der Waals surface area contributed by atoms with Gasteiger partial charge >= 0.3 is 0 Å². The molecule has 0 bridgehead atoms. The lowest BCUT2D eigenvalue weighted by Crippen LogP contribution is -1.98. The molecule has 0 aliphatic heterocycles. The van der Waals surface area contributed by atoms with Gasteiger partial charge in [-0.05, 0) is 30.7 Å². The number of nitrogens with one attached hydrogen (secondary N) is 2. The first kappa shape index (κ1) is 12.2. The summed E-state index contributed by atoms with van der Waals surface area (Å²) in [7, 11) is 3.49. The Bertz CT molecular complexity index is 542. The fourth-order valence-electron chi connectivity index (χ4n) is 1.67. The van der Waals surface area contributed by atoms with Crippen LogP contribution in [0, 0.1) is 6.92 Å². The van der Waals surface area contributed by atoms with E-state index in [0.717, 1.165) is 28.6 Å². The SMILES string of the molecule is CNc1cc(Nc2ccc(OC)c(C)c2)ncn1. The minimum atomic E-state index is 0.749. The number of hydrogen-bond acceptors (Lipinski definition) is 5.